The topological polar surface area (TPSA) is 66.5 Å². The standard InChI is InChI=1S/C20H20N2O3/c1-2-13-20(16-11-7-4-8-12-16)18(24)22(19(25)21-20)14-17(23)15-9-5-3-6-10-15/h3-12H,2,13-14H2,1H3,(H,21,25)/t20-/m1/s1. The first-order valence-corrected chi connectivity index (χ1v) is 8.36. The lowest BCUT2D eigenvalue weighted by Gasteiger charge is -2.26. The highest BCUT2D eigenvalue weighted by molar-refractivity contribution is 6.11. The number of amides is 3. The van der Waals surface area contributed by atoms with Crippen LogP contribution in [0, 0.1) is 0 Å². The van der Waals surface area contributed by atoms with Crippen LogP contribution in [0.25, 0.3) is 0 Å². The van der Waals surface area contributed by atoms with Crippen molar-refractivity contribution in [3.05, 3.63) is 71.8 Å². The Balaban J connectivity index is 1.89. The Labute approximate surface area is 146 Å². The maximum atomic E-state index is 13.1. The Morgan fingerprint density at radius 2 is 1.60 bits per heavy atom. The molecule has 1 N–H and O–H groups in total. The highest BCUT2D eigenvalue weighted by Crippen LogP contribution is 2.33. The predicted molar refractivity (Wildman–Crippen MR) is 94.0 cm³/mol. The van der Waals surface area contributed by atoms with Crippen LogP contribution < -0.4 is 5.32 Å². The molecule has 2 aromatic carbocycles. The molecular formula is C20H20N2O3. The number of nitrogens with one attached hydrogen (secondary N) is 1. The van der Waals surface area contributed by atoms with Crippen LogP contribution in [-0.4, -0.2) is 29.2 Å². The van der Waals surface area contributed by atoms with Gasteiger partial charge in [0, 0.05) is 5.56 Å². The highest BCUT2D eigenvalue weighted by Gasteiger charge is 2.52. The number of ketones is 1. The number of nitrogens with zero attached hydrogens (tertiary/aromatic N) is 1. The van der Waals surface area contributed by atoms with Gasteiger partial charge >= 0.3 is 6.03 Å². The lowest BCUT2D eigenvalue weighted by atomic mass is 9.85. The van der Waals surface area contributed by atoms with E-state index in [1.807, 2.05) is 43.3 Å². The highest BCUT2D eigenvalue weighted by atomic mass is 16.2. The minimum Gasteiger partial charge on any atom is -0.319 e. The van der Waals surface area contributed by atoms with Gasteiger partial charge in [0.05, 0.1) is 6.54 Å². The summed E-state index contributed by atoms with van der Waals surface area (Å²) in [6.45, 7) is 1.70. The monoisotopic (exact) mass is 336 g/mol. The van der Waals surface area contributed by atoms with E-state index in [9.17, 15) is 14.4 Å². The van der Waals surface area contributed by atoms with Crippen molar-refractivity contribution in [3.8, 4) is 0 Å². The Hall–Kier alpha value is -2.95. The van der Waals surface area contributed by atoms with Crippen molar-refractivity contribution >= 4 is 17.7 Å². The van der Waals surface area contributed by atoms with E-state index in [1.54, 1.807) is 24.3 Å². The van der Waals surface area contributed by atoms with Gasteiger partial charge < -0.3 is 5.32 Å². The van der Waals surface area contributed by atoms with E-state index in [2.05, 4.69) is 5.32 Å². The van der Waals surface area contributed by atoms with Crippen LogP contribution in [0.5, 0.6) is 0 Å². The first-order valence-electron chi connectivity index (χ1n) is 8.36. The number of urea groups is 1. The molecule has 3 rings (SSSR count). The molecule has 1 aliphatic rings. The number of rotatable bonds is 6. The van der Waals surface area contributed by atoms with Crippen LogP contribution in [0.15, 0.2) is 60.7 Å². The van der Waals surface area contributed by atoms with Gasteiger partial charge in [-0.25, -0.2) is 4.79 Å². The van der Waals surface area contributed by atoms with E-state index in [4.69, 9.17) is 0 Å². The van der Waals surface area contributed by atoms with Crippen molar-refractivity contribution in [2.75, 3.05) is 6.54 Å². The number of hydrogen-bond acceptors (Lipinski definition) is 3. The third-order valence-electron chi connectivity index (χ3n) is 4.46. The molecule has 1 atom stereocenters. The molecule has 1 saturated heterocycles. The Morgan fingerprint density at radius 1 is 1.00 bits per heavy atom. The lowest BCUT2D eigenvalue weighted by Crippen LogP contribution is -2.44. The van der Waals surface area contributed by atoms with Gasteiger partial charge in [-0.2, -0.15) is 0 Å². The van der Waals surface area contributed by atoms with E-state index in [1.165, 1.54) is 0 Å². The average Bonchev–Trinajstić information content (AvgIpc) is 2.88. The van der Waals surface area contributed by atoms with Crippen LogP contribution in [0.3, 0.4) is 0 Å². The number of Topliss-reactive ketones (excluding diaryl/α,β-unsaturated/α-hetero) is 1. The molecule has 1 heterocycles. The predicted octanol–water partition coefficient (Wildman–Crippen LogP) is 3.12. The van der Waals surface area contributed by atoms with Crippen molar-refractivity contribution < 1.29 is 14.4 Å². The van der Waals surface area contributed by atoms with E-state index in [0.717, 1.165) is 16.9 Å². The normalized spacial score (nSPS) is 19.8. The van der Waals surface area contributed by atoms with Crippen molar-refractivity contribution in [2.45, 2.75) is 25.3 Å². The Kier molecular flexibility index (Phi) is 4.65. The van der Waals surface area contributed by atoms with Gasteiger partial charge in [-0.1, -0.05) is 74.0 Å². The summed E-state index contributed by atoms with van der Waals surface area (Å²) < 4.78 is 0. The van der Waals surface area contributed by atoms with Crippen molar-refractivity contribution in [1.29, 1.82) is 0 Å². The van der Waals surface area contributed by atoms with Crippen molar-refractivity contribution in [2.24, 2.45) is 0 Å². The molecule has 25 heavy (non-hydrogen) atoms. The molecule has 3 amide bonds. The summed E-state index contributed by atoms with van der Waals surface area (Å²) in [5.41, 5.74) is 0.130. The second-order valence-corrected chi connectivity index (χ2v) is 6.13. The summed E-state index contributed by atoms with van der Waals surface area (Å²) >= 11 is 0. The summed E-state index contributed by atoms with van der Waals surface area (Å²) in [6.07, 6.45) is 1.21. The molecule has 5 nitrogen and oxygen atoms in total. The zero-order valence-electron chi connectivity index (χ0n) is 14.1. The fourth-order valence-electron chi connectivity index (χ4n) is 3.24. The molecule has 0 unspecified atom stereocenters. The van der Waals surface area contributed by atoms with Crippen LogP contribution >= 0.6 is 0 Å². The fourth-order valence-corrected chi connectivity index (χ4v) is 3.24. The molecule has 0 bridgehead atoms. The maximum Gasteiger partial charge on any atom is 0.325 e. The van der Waals surface area contributed by atoms with Gasteiger partial charge in [-0.3, -0.25) is 14.5 Å². The molecule has 128 valence electrons. The van der Waals surface area contributed by atoms with Crippen LogP contribution in [-0.2, 0) is 10.3 Å². The second-order valence-electron chi connectivity index (χ2n) is 6.13. The maximum absolute atomic E-state index is 13.1. The third-order valence-corrected chi connectivity index (χ3v) is 4.46. The van der Waals surface area contributed by atoms with E-state index >= 15 is 0 Å². The summed E-state index contributed by atoms with van der Waals surface area (Å²) in [6, 6.07) is 17.4. The van der Waals surface area contributed by atoms with E-state index < -0.39 is 11.6 Å². The van der Waals surface area contributed by atoms with Gasteiger partial charge in [-0.15, -0.1) is 0 Å². The second kappa shape index (κ2) is 6.89. The van der Waals surface area contributed by atoms with Crippen LogP contribution in [0.1, 0.15) is 35.7 Å². The molecule has 0 spiro atoms. The zero-order chi connectivity index (χ0) is 17.9. The summed E-state index contributed by atoms with van der Waals surface area (Å²) in [4.78, 5) is 39.0. The molecule has 0 aromatic heterocycles. The van der Waals surface area contributed by atoms with Gasteiger partial charge in [-0.05, 0) is 12.0 Å². The summed E-state index contributed by atoms with van der Waals surface area (Å²) in [7, 11) is 0. The van der Waals surface area contributed by atoms with Gasteiger partial charge in [0.2, 0.25) is 0 Å². The molecule has 5 heteroatoms. The quantitative estimate of drug-likeness (QED) is 0.651. The average molecular weight is 336 g/mol. The van der Waals surface area contributed by atoms with Gasteiger partial charge in [0.15, 0.2) is 5.78 Å². The molecule has 1 aliphatic heterocycles. The number of carbonyl (C=O) groups excluding carboxylic acids is 3. The van der Waals surface area contributed by atoms with E-state index in [0.29, 0.717) is 12.0 Å². The minimum absolute atomic E-state index is 0.257. The fraction of sp³-hybridized carbons (Fsp3) is 0.250. The minimum atomic E-state index is -1.09. The molecule has 0 aliphatic carbocycles. The van der Waals surface area contributed by atoms with Crippen molar-refractivity contribution in [1.82, 2.24) is 10.2 Å². The Morgan fingerprint density at radius 3 is 2.20 bits per heavy atom. The summed E-state index contributed by atoms with van der Waals surface area (Å²) in [5.74, 6) is -0.626. The zero-order valence-corrected chi connectivity index (χ0v) is 14.1. The molecule has 2 aromatic rings. The number of benzene rings is 2. The molecule has 0 saturated carbocycles. The number of imide groups is 1. The first-order chi connectivity index (χ1) is 12.1. The summed E-state index contributed by atoms with van der Waals surface area (Å²) in [5, 5.41) is 2.83. The van der Waals surface area contributed by atoms with E-state index in [-0.39, 0.29) is 18.2 Å². The third kappa shape index (κ3) is 3.05. The molecule has 0 radical (unpaired) electrons. The first kappa shape index (κ1) is 16.9. The molecular weight excluding hydrogens is 316 g/mol. The number of carbonyl (C=O) groups is 3. The SMILES string of the molecule is CCC[C@]1(c2ccccc2)NC(=O)N(CC(=O)c2ccccc2)C1=O. The Bertz CT molecular complexity index is 789. The largest absolute Gasteiger partial charge is 0.325 e. The van der Waals surface area contributed by atoms with Crippen molar-refractivity contribution in [3.63, 3.8) is 0 Å². The number of hydrogen-bond donors (Lipinski definition) is 1. The molecule has 1 fully saturated rings. The van der Waals surface area contributed by atoms with Crippen LogP contribution in [0.2, 0.25) is 0 Å². The lowest BCUT2D eigenvalue weighted by molar-refractivity contribution is -0.131. The van der Waals surface area contributed by atoms with Gasteiger partial charge in [0.1, 0.15) is 5.54 Å². The van der Waals surface area contributed by atoms with Gasteiger partial charge in [0.25, 0.3) is 5.91 Å². The smallest absolute Gasteiger partial charge is 0.319 e. The van der Waals surface area contributed by atoms with Crippen LogP contribution in [0.4, 0.5) is 4.79 Å².